The van der Waals surface area contributed by atoms with E-state index in [9.17, 15) is 38.2 Å². The molecule has 1 aliphatic heterocycles. The summed E-state index contributed by atoms with van der Waals surface area (Å²) < 4.78 is 47.8. The molecule has 1 amide bonds. The molecule has 7 atom stereocenters. The van der Waals surface area contributed by atoms with Crippen LogP contribution in [0.5, 0.6) is 0 Å². The van der Waals surface area contributed by atoms with E-state index in [0.717, 1.165) is 38.5 Å². The molecule has 0 aromatic heterocycles. The molecular weight excluding hydrogens is 943 g/mol. The van der Waals surface area contributed by atoms with Crippen molar-refractivity contribution >= 4 is 16.3 Å². The molecule has 0 aromatic carbocycles. The molecule has 0 bridgehead atoms. The van der Waals surface area contributed by atoms with Crippen LogP contribution in [-0.2, 0) is 28.9 Å². The number of aliphatic hydroxyl groups excluding tert-OH is 4. The normalized spacial score (nSPS) is 19.2. The molecule has 0 radical (unpaired) electrons. The molecule has 1 rings (SSSR count). The molecule has 1 aliphatic rings. The largest absolute Gasteiger partial charge is 0.397 e. The second-order valence-electron chi connectivity index (χ2n) is 22.0. The van der Waals surface area contributed by atoms with Crippen molar-refractivity contribution in [2.45, 2.75) is 352 Å². The molecule has 1 heterocycles. The highest BCUT2D eigenvalue weighted by molar-refractivity contribution is 7.80. The lowest BCUT2D eigenvalue weighted by Gasteiger charge is -2.41. The molecule has 434 valence electrons. The monoisotopic (exact) mass is 1060 g/mol. The van der Waals surface area contributed by atoms with Crippen LogP contribution in [0.2, 0.25) is 0 Å². The minimum absolute atomic E-state index is 0.255. The Hall–Kier alpha value is -1.16. The fourth-order valence-electron chi connectivity index (χ4n) is 10.3. The predicted octanol–water partition coefficient (Wildman–Crippen LogP) is 15.0. The van der Waals surface area contributed by atoms with Gasteiger partial charge in [-0.3, -0.25) is 9.35 Å². The van der Waals surface area contributed by atoms with E-state index < -0.39 is 59.9 Å². The van der Waals surface area contributed by atoms with Crippen LogP contribution in [0.1, 0.15) is 309 Å². The van der Waals surface area contributed by atoms with Gasteiger partial charge < -0.3 is 35.2 Å². The van der Waals surface area contributed by atoms with Gasteiger partial charge in [-0.25, -0.2) is 4.18 Å². The second kappa shape index (κ2) is 50.4. The van der Waals surface area contributed by atoms with Crippen molar-refractivity contribution < 1.29 is 51.8 Å². The van der Waals surface area contributed by atoms with Gasteiger partial charge in [-0.05, 0) is 19.3 Å². The number of hydrogen-bond acceptors (Lipinski definition) is 10. The van der Waals surface area contributed by atoms with E-state index in [4.69, 9.17) is 9.47 Å². The van der Waals surface area contributed by atoms with Crippen LogP contribution in [0.25, 0.3) is 0 Å². The van der Waals surface area contributed by atoms with Crippen molar-refractivity contribution in [2.75, 3.05) is 13.2 Å². The van der Waals surface area contributed by atoms with Gasteiger partial charge in [0.15, 0.2) is 6.29 Å². The number of aliphatic hydroxyl groups is 4. The van der Waals surface area contributed by atoms with E-state index in [-0.39, 0.29) is 18.9 Å². The summed E-state index contributed by atoms with van der Waals surface area (Å²) >= 11 is 0. The summed E-state index contributed by atoms with van der Waals surface area (Å²) in [4.78, 5) is 13.1. The van der Waals surface area contributed by atoms with Crippen LogP contribution in [0.4, 0.5) is 0 Å². The highest BCUT2D eigenvalue weighted by atomic mass is 32.3. The first-order chi connectivity index (χ1) is 35.5. The van der Waals surface area contributed by atoms with Crippen LogP contribution in [0.3, 0.4) is 0 Å². The number of ether oxygens (including phenoxy) is 2. The first kappa shape index (κ1) is 69.9. The number of rotatable bonds is 55. The molecule has 0 aromatic rings. The maximum atomic E-state index is 13.1. The summed E-state index contributed by atoms with van der Waals surface area (Å²) in [7, 11) is -5.09. The Morgan fingerprint density at radius 1 is 0.534 bits per heavy atom. The summed E-state index contributed by atoms with van der Waals surface area (Å²) in [5.74, 6) is -0.255. The van der Waals surface area contributed by atoms with Gasteiger partial charge in [0.2, 0.25) is 5.91 Å². The Morgan fingerprint density at radius 3 is 1.19 bits per heavy atom. The number of allylic oxidation sites excluding steroid dienone is 1. The van der Waals surface area contributed by atoms with E-state index in [0.29, 0.717) is 6.42 Å². The van der Waals surface area contributed by atoms with Crippen LogP contribution in [0, 0.1) is 0 Å². The first-order valence-corrected chi connectivity index (χ1v) is 32.4. The third-order valence-corrected chi connectivity index (χ3v) is 15.5. The van der Waals surface area contributed by atoms with Gasteiger partial charge in [0.25, 0.3) is 0 Å². The molecule has 73 heavy (non-hydrogen) atoms. The first-order valence-electron chi connectivity index (χ1n) is 31.1. The number of amides is 1. The Kier molecular flexibility index (Phi) is 48.2. The van der Waals surface area contributed by atoms with E-state index >= 15 is 0 Å². The summed E-state index contributed by atoms with van der Waals surface area (Å²) in [6, 6.07) is -0.940. The lowest BCUT2D eigenvalue weighted by Crippen LogP contribution is -2.61. The quantitative estimate of drug-likeness (QED) is 0.0193. The lowest BCUT2D eigenvalue weighted by atomic mass is 9.99. The number of unbranched alkanes of at least 4 members (excludes halogenated alkanes) is 43. The van der Waals surface area contributed by atoms with Crippen LogP contribution < -0.4 is 5.32 Å². The smallest absolute Gasteiger partial charge is 0.394 e. The molecule has 0 saturated carbocycles. The fourth-order valence-corrected chi connectivity index (χ4v) is 10.8. The van der Waals surface area contributed by atoms with Gasteiger partial charge in [0.1, 0.15) is 24.4 Å². The zero-order valence-corrected chi connectivity index (χ0v) is 48.0. The maximum absolute atomic E-state index is 13.1. The van der Waals surface area contributed by atoms with Gasteiger partial charge in [-0.2, -0.15) is 8.42 Å². The molecule has 12 nitrogen and oxygen atoms in total. The SMILES string of the molecule is CCCCCCCCCCCCCCC/C=C/C(O)C(COC1OC(CO)C(O)C(OS(=O)(=O)O)C1O)NC(=O)CCCCCCCCCCCCCCCCCCCCCCCCCCCCCCCCC. The minimum atomic E-state index is -5.09. The highest BCUT2D eigenvalue weighted by Crippen LogP contribution is 2.26. The topological polar surface area (TPSA) is 192 Å². The van der Waals surface area contributed by atoms with Gasteiger partial charge in [0.05, 0.1) is 25.4 Å². The van der Waals surface area contributed by atoms with Crippen LogP contribution >= 0.6 is 0 Å². The third kappa shape index (κ3) is 42.5. The van der Waals surface area contributed by atoms with Gasteiger partial charge in [-0.1, -0.05) is 296 Å². The maximum Gasteiger partial charge on any atom is 0.397 e. The van der Waals surface area contributed by atoms with Crippen molar-refractivity contribution in [3.8, 4) is 0 Å². The second-order valence-corrected chi connectivity index (χ2v) is 23.1. The zero-order chi connectivity index (χ0) is 53.3. The molecular formula is C60H117NO11S. The lowest BCUT2D eigenvalue weighted by molar-refractivity contribution is -0.298. The van der Waals surface area contributed by atoms with Gasteiger partial charge >= 0.3 is 10.4 Å². The Morgan fingerprint density at radius 2 is 0.863 bits per heavy atom. The molecule has 13 heteroatoms. The fraction of sp³-hybridized carbons (Fsp3) is 0.950. The Balaban J connectivity index is 2.24. The Labute approximate surface area is 449 Å². The number of hydrogen-bond donors (Lipinski definition) is 6. The molecule has 7 unspecified atom stereocenters. The summed E-state index contributed by atoms with van der Waals surface area (Å²) in [6.45, 7) is 3.44. The number of nitrogens with one attached hydrogen (secondary N) is 1. The Bertz CT molecular complexity index is 1340. The number of carbonyl (C=O) groups is 1. The minimum Gasteiger partial charge on any atom is -0.394 e. The van der Waals surface area contributed by atoms with Crippen LogP contribution in [0.15, 0.2) is 12.2 Å². The van der Waals surface area contributed by atoms with Crippen molar-refractivity contribution in [1.29, 1.82) is 0 Å². The van der Waals surface area contributed by atoms with Crippen molar-refractivity contribution in [3.63, 3.8) is 0 Å². The van der Waals surface area contributed by atoms with E-state index in [2.05, 4.69) is 23.3 Å². The van der Waals surface area contributed by atoms with E-state index in [1.54, 1.807) is 6.08 Å². The molecule has 0 spiro atoms. The van der Waals surface area contributed by atoms with Crippen molar-refractivity contribution in [3.05, 3.63) is 12.2 Å². The van der Waals surface area contributed by atoms with E-state index in [1.807, 2.05) is 6.08 Å². The summed E-state index contributed by atoms with van der Waals surface area (Å²) in [5.41, 5.74) is 0. The van der Waals surface area contributed by atoms with Gasteiger partial charge in [0, 0.05) is 6.42 Å². The summed E-state index contributed by atoms with van der Waals surface area (Å²) in [6.07, 6.45) is 52.8. The third-order valence-electron chi connectivity index (χ3n) is 15.1. The van der Waals surface area contributed by atoms with Gasteiger partial charge in [-0.15, -0.1) is 0 Å². The van der Waals surface area contributed by atoms with Crippen LogP contribution in [-0.4, -0.2) is 95.4 Å². The summed E-state index contributed by atoms with van der Waals surface area (Å²) in [5, 5.41) is 45.0. The molecule has 1 saturated heterocycles. The standard InChI is InChI=1S/C60H117NO11S/c1-3-5-7-9-11-13-15-17-19-20-21-22-23-24-25-26-27-28-29-30-31-32-33-34-36-38-40-42-44-46-48-50-56(64)61-53(52-70-60-58(66)59(72-73(67,68)69)57(65)55(51-62)71-60)54(63)49-47-45-43-41-39-37-35-18-16-14-12-10-8-6-4-2/h47,49,53-55,57-60,62-63,65-66H,3-46,48,50-52H2,1-2H3,(H,61,64)(H,67,68,69)/b49-47+. The highest BCUT2D eigenvalue weighted by Gasteiger charge is 2.48. The molecule has 1 fully saturated rings. The van der Waals surface area contributed by atoms with Crippen molar-refractivity contribution in [2.24, 2.45) is 0 Å². The van der Waals surface area contributed by atoms with Crippen molar-refractivity contribution in [1.82, 2.24) is 5.32 Å². The molecule has 6 N–H and O–H groups in total. The molecule has 0 aliphatic carbocycles. The van der Waals surface area contributed by atoms with E-state index in [1.165, 1.54) is 244 Å². The number of carbonyl (C=O) groups excluding carboxylic acids is 1. The average Bonchev–Trinajstić information content (AvgIpc) is 3.37. The average molecular weight is 1060 g/mol. The zero-order valence-electron chi connectivity index (χ0n) is 47.2. The predicted molar refractivity (Wildman–Crippen MR) is 301 cm³/mol.